The number of non-ortho nitro benzene ring substituents is 1. The lowest BCUT2D eigenvalue weighted by atomic mass is 10.1. The van der Waals surface area contributed by atoms with Crippen LogP contribution in [0, 0.1) is 13.7 Å². The van der Waals surface area contributed by atoms with Gasteiger partial charge in [0.15, 0.2) is 11.5 Å². The number of benzene rings is 2. The first-order valence-corrected chi connectivity index (χ1v) is 12.2. The van der Waals surface area contributed by atoms with E-state index in [4.69, 9.17) is 14.2 Å². The first kappa shape index (κ1) is 26.5. The number of halogens is 1. The molecule has 1 fully saturated rings. The smallest absolute Gasteiger partial charge is 0.329 e. The minimum Gasteiger partial charge on any atom is -0.493 e. The van der Waals surface area contributed by atoms with Gasteiger partial charge in [-0.15, -0.1) is 0 Å². The molecule has 0 bridgehead atoms. The van der Waals surface area contributed by atoms with E-state index < -0.39 is 28.1 Å². The van der Waals surface area contributed by atoms with Gasteiger partial charge in [-0.05, 0) is 77.5 Å². The lowest BCUT2D eigenvalue weighted by Gasteiger charge is -2.19. The molecule has 2 aromatic rings. The minimum absolute atomic E-state index is 0.0330. The number of imide groups is 1. The van der Waals surface area contributed by atoms with Crippen molar-refractivity contribution in [1.29, 1.82) is 0 Å². The quantitative estimate of drug-likeness (QED) is 0.129. The molecule has 10 nitrogen and oxygen atoms in total. The molecule has 1 saturated heterocycles. The predicted octanol–water partition coefficient (Wildman–Crippen LogP) is 4.77. The Kier molecular flexibility index (Phi) is 8.72. The number of amides is 2. The van der Waals surface area contributed by atoms with Crippen molar-refractivity contribution < 1.29 is 33.5 Å². The van der Waals surface area contributed by atoms with E-state index in [9.17, 15) is 24.5 Å². The number of rotatable bonds is 9. The molecule has 3 rings (SSSR count). The van der Waals surface area contributed by atoms with Crippen LogP contribution in [-0.2, 0) is 20.9 Å². The zero-order valence-corrected chi connectivity index (χ0v) is 22.0. The van der Waals surface area contributed by atoms with Crippen molar-refractivity contribution in [2.45, 2.75) is 26.5 Å². The highest BCUT2D eigenvalue weighted by Gasteiger charge is 2.41. The summed E-state index contributed by atoms with van der Waals surface area (Å²) in [6.45, 7) is 3.31. The summed E-state index contributed by atoms with van der Waals surface area (Å²) < 4.78 is 16.9. The van der Waals surface area contributed by atoms with Gasteiger partial charge in [-0.25, -0.2) is 4.79 Å². The number of esters is 1. The third-order valence-electron chi connectivity index (χ3n) is 4.89. The first-order chi connectivity index (χ1) is 16.7. The SMILES string of the molecule is CCOC(=O)[C@@H](C)N1C(=O)S/C(=C/c2cc(I)c(OCc3cccc([N+](=O)[O-])c3)c(OC)c2)C1=O. The monoisotopic (exact) mass is 612 g/mol. The van der Waals surface area contributed by atoms with Crippen LogP contribution in [0.3, 0.4) is 0 Å². The fourth-order valence-electron chi connectivity index (χ4n) is 3.21. The Hall–Kier alpha value is -3.13. The molecule has 35 heavy (non-hydrogen) atoms. The summed E-state index contributed by atoms with van der Waals surface area (Å²) in [6.07, 6.45) is 1.54. The second-order valence-electron chi connectivity index (χ2n) is 7.23. The van der Waals surface area contributed by atoms with E-state index in [2.05, 4.69) is 22.6 Å². The van der Waals surface area contributed by atoms with E-state index in [-0.39, 0.29) is 23.8 Å². The van der Waals surface area contributed by atoms with Gasteiger partial charge < -0.3 is 14.2 Å². The van der Waals surface area contributed by atoms with Crippen molar-refractivity contribution in [3.63, 3.8) is 0 Å². The summed E-state index contributed by atoms with van der Waals surface area (Å²) in [5.41, 5.74) is 1.17. The predicted molar refractivity (Wildman–Crippen MR) is 137 cm³/mol. The van der Waals surface area contributed by atoms with Gasteiger partial charge in [0, 0.05) is 12.1 Å². The van der Waals surface area contributed by atoms with Gasteiger partial charge in [0.25, 0.3) is 16.8 Å². The zero-order valence-electron chi connectivity index (χ0n) is 19.0. The normalized spacial score (nSPS) is 15.3. The fraction of sp³-hybridized carbons (Fsp3) is 0.261. The Labute approximate surface area is 218 Å². The Morgan fingerprint density at radius 1 is 1.29 bits per heavy atom. The number of carbonyl (C=O) groups excluding carboxylic acids is 3. The van der Waals surface area contributed by atoms with E-state index in [1.807, 2.05) is 0 Å². The Balaban J connectivity index is 1.82. The second kappa shape index (κ2) is 11.5. The summed E-state index contributed by atoms with van der Waals surface area (Å²) in [7, 11) is 1.46. The molecule has 1 atom stereocenters. The topological polar surface area (TPSA) is 125 Å². The summed E-state index contributed by atoms with van der Waals surface area (Å²) in [5.74, 6) is -0.425. The average molecular weight is 612 g/mol. The highest BCUT2D eigenvalue weighted by atomic mass is 127. The zero-order chi connectivity index (χ0) is 25.7. The van der Waals surface area contributed by atoms with E-state index in [1.165, 1.54) is 32.2 Å². The number of ether oxygens (including phenoxy) is 3. The number of methoxy groups -OCH3 is 1. The van der Waals surface area contributed by atoms with Crippen molar-refractivity contribution in [3.8, 4) is 11.5 Å². The highest BCUT2D eigenvalue weighted by Crippen LogP contribution is 2.38. The minimum atomic E-state index is -1.03. The molecule has 184 valence electrons. The molecule has 12 heteroatoms. The van der Waals surface area contributed by atoms with Crippen LogP contribution >= 0.6 is 34.4 Å². The Bertz CT molecular complexity index is 1220. The van der Waals surface area contributed by atoms with Crippen LogP contribution in [0.15, 0.2) is 41.3 Å². The molecule has 2 aromatic carbocycles. The molecule has 2 amide bonds. The van der Waals surface area contributed by atoms with Crippen molar-refractivity contribution >= 4 is 63.2 Å². The van der Waals surface area contributed by atoms with Crippen LogP contribution in [0.5, 0.6) is 11.5 Å². The Morgan fingerprint density at radius 2 is 2.03 bits per heavy atom. The van der Waals surface area contributed by atoms with Crippen molar-refractivity contribution in [1.82, 2.24) is 4.90 Å². The van der Waals surface area contributed by atoms with Crippen LogP contribution < -0.4 is 9.47 Å². The standard InChI is InChI=1S/C23H21IN2O8S/c1-4-33-22(28)13(2)25-21(27)19(35-23(25)29)11-15-9-17(24)20(18(10-15)32-3)34-12-14-6-5-7-16(8-14)26(30)31/h5-11,13H,4,12H2,1-3H3/b19-11+/t13-/m1/s1. The van der Waals surface area contributed by atoms with E-state index in [0.717, 1.165) is 16.7 Å². The summed E-state index contributed by atoms with van der Waals surface area (Å²) in [5, 5.41) is 10.4. The number of carbonyl (C=O) groups is 3. The lowest BCUT2D eigenvalue weighted by Crippen LogP contribution is -2.42. The molecule has 0 radical (unpaired) electrons. The average Bonchev–Trinajstić information content (AvgIpc) is 3.10. The van der Waals surface area contributed by atoms with Crippen LogP contribution in [0.4, 0.5) is 10.5 Å². The summed E-state index contributed by atoms with van der Waals surface area (Å²) >= 11 is 2.79. The molecule has 0 N–H and O–H groups in total. The molecule has 0 spiro atoms. The molecular formula is C23H21IN2O8S. The molecule has 0 saturated carbocycles. The maximum atomic E-state index is 12.8. The van der Waals surface area contributed by atoms with E-state index >= 15 is 0 Å². The number of nitro groups is 1. The number of hydrogen-bond acceptors (Lipinski definition) is 9. The third kappa shape index (κ3) is 6.11. The Morgan fingerprint density at radius 3 is 2.69 bits per heavy atom. The highest BCUT2D eigenvalue weighted by molar-refractivity contribution is 14.1. The molecule has 0 aliphatic carbocycles. The summed E-state index contributed by atoms with van der Waals surface area (Å²) in [6, 6.07) is 8.49. The summed E-state index contributed by atoms with van der Waals surface area (Å²) in [4.78, 5) is 48.8. The third-order valence-corrected chi connectivity index (χ3v) is 6.58. The fourth-order valence-corrected chi connectivity index (χ4v) is 4.90. The van der Waals surface area contributed by atoms with Crippen LogP contribution in [0.2, 0.25) is 0 Å². The van der Waals surface area contributed by atoms with Crippen molar-refractivity contribution in [3.05, 3.63) is 66.1 Å². The number of nitro benzene ring substituents is 1. The van der Waals surface area contributed by atoms with Gasteiger partial charge in [0.1, 0.15) is 12.6 Å². The van der Waals surface area contributed by atoms with Crippen molar-refractivity contribution in [2.75, 3.05) is 13.7 Å². The van der Waals surface area contributed by atoms with Crippen LogP contribution in [0.25, 0.3) is 6.08 Å². The second-order valence-corrected chi connectivity index (χ2v) is 9.38. The molecular weight excluding hydrogens is 591 g/mol. The number of thioether (sulfide) groups is 1. The van der Waals surface area contributed by atoms with Crippen molar-refractivity contribution in [2.24, 2.45) is 0 Å². The van der Waals surface area contributed by atoms with Crippen LogP contribution in [-0.4, -0.2) is 46.7 Å². The number of nitrogens with zero attached hydrogens (tertiary/aromatic N) is 2. The van der Waals surface area contributed by atoms with Gasteiger partial charge in [0.2, 0.25) is 0 Å². The van der Waals surface area contributed by atoms with Gasteiger partial charge in [-0.1, -0.05) is 12.1 Å². The maximum absolute atomic E-state index is 12.8. The van der Waals surface area contributed by atoms with Gasteiger partial charge in [0.05, 0.1) is 27.1 Å². The molecule has 0 unspecified atom stereocenters. The lowest BCUT2D eigenvalue weighted by molar-refractivity contribution is -0.384. The van der Waals surface area contributed by atoms with Gasteiger partial charge in [-0.2, -0.15) is 0 Å². The number of hydrogen-bond donors (Lipinski definition) is 0. The van der Waals surface area contributed by atoms with Gasteiger partial charge >= 0.3 is 5.97 Å². The van der Waals surface area contributed by atoms with E-state index in [0.29, 0.717) is 26.2 Å². The van der Waals surface area contributed by atoms with E-state index in [1.54, 1.807) is 31.2 Å². The van der Waals surface area contributed by atoms with Gasteiger partial charge in [-0.3, -0.25) is 24.6 Å². The molecule has 1 aliphatic rings. The molecule has 1 aliphatic heterocycles. The largest absolute Gasteiger partial charge is 0.493 e. The maximum Gasteiger partial charge on any atom is 0.329 e. The van der Waals surface area contributed by atoms with Crippen LogP contribution in [0.1, 0.15) is 25.0 Å². The molecule has 1 heterocycles. The first-order valence-electron chi connectivity index (χ1n) is 10.3. The molecule has 0 aromatic heterocycles.